The summed E-state index contributed by atoms with van der Waals surface area (Å²) in [6, 6.07) is 13.0. The van der Waals surface area contributed by atoms with E-state index in [0.717, 1.165) is 0 Å². The van der Waals surface area contributed by atoms with Crippen molar-refractivity contribution in [2.45, 2.75) is 11.3 Å². The third-order valence-electron chi connectivity index (χ3n) is 3.27. The summed E-state index contributed by atoms with van der Waals surface area (Å²) in [6.07, 6.45) is 0.265. The van der Waals surface area contributed by atoms with Gasteiger partial charge in [-0.3, -0.25) is 9.52 Å². The lowest BCUT2D eigenvalue weighted by Crippen LogP contribution is -2.20. The highest BCUT2D eigenvalue weighted by Crippen LogP contribution is 2.23. The molecule has 0 spiro atoms. The second-order valence-corrected chi connectivity index (χ2v) is 6.51. The molecule has 0 aliphatic carbocycles. The predicted molar refractivity (Wildman–Crippen MR) is 87.8 cm³/mol. The summed E-state index contributed by atoms with van der Waals surface area (Å²) in [5.41, 5.74) is 6.33. The molecular formula is C16H18N2O4S. The summed E-state index contributed by atoms with van der Waals surface area (Å²) < 4.78 is 32.8. The molecule has 2 aromatic carbocycles. The first-order chi connectivity index (χ1) is 11.0. The number of hydrogen-bond acceptors (Lipinski definition) is 4. The Labute approximate surface area is 135 Å². The molecule has 0 radical (unpaired) electrons. The molecule has 0 atom stereocenters. The highest BCUT2D eigenvalue weighted by Gasteiger charge is 2.22. The van der Waals surface area contributed by atoms with E-state index in [9.17, 15) is 13.2 Å². The first-order valence-electron chi connectivity index (χ1n) is 6.94. The zero-order valence-electron chi connectivity index (χ0n) is 12.7. The number of primary amides is 1. The van der Waals surface area contributed by atoms with E-state index in [1.807, 2.05) is 0 Å². The molecule has 0 heterocycles. The molecule has 0 fully saturated rings. The van der Waals surface area contributed by atoms with E-state index in [4.69, 9.17) is 10.5 Å². The van der Waals surface area contributed by atoms with Crippen LogP contribution in [0.15, 0.2) is 53.4 Å². The van der Waals surface area contributed by atoms with Gasteiger partial charge in [-0.1, -0.05) is 24.3 Å². The van der Waals surface area contributed by atoms with Crippen LogP contribution in [0.4, 0.5) is 5.69 Å². The Bertz CT molecular complexity index is 789. The number of sulfonamides is 1. The van der Waals surface area contributed by atoms with Gasteiger partial charge in [0.15, 0.2) is 0 Å². The molecule has 122 valence electrons. The average Bonchev–Trinajstić information content (AvgIpc) is 2.53. The Balaban J connectivity index is 2.48. The lowest BCUT2D eigenvalue weighted by Gasteiger charge is -2.14. The number of carbonyl (C=O) groups is 1. The molecular weight excluding hydrogens is 316 g/mol. The van der Waals surface area contributed by atoms with E-state index in [-0.39, 0.29) is 23.5 Å². The van der Waals surface area contributed by atoms with Gasteiger partial charge in [-0.15, -0.1) is 0 Å². The number of nitrogens with one attached hydrogen (secondary N) is 1. The van der Waals surface area contributed by atoms with Crippen LogP contribution in [0.3, 0.4) is 0 Å². The van der Waals surface area contributed by atoms with Crippen LogP contribution in [-0.2, 0) is 21.2 Å². The van der Waals surface area contributed by atoms with Gasteiger partial charge < -0.3 is 10.5 Å². The molecule has 1 amide bonds. The van der Waals surface area contributed by atoms with Gasteiger partial charge in [0.1, 0.15) is 0 Å². The number of ether oxygens (including phenoxy) is 1. The van der Waals surface area contributed by atoms with Crippen LogP contribution in [0.2, 0.25) is 0 Å². The van der Waals surface area contributed by atoms with Crippen molar-refractivity contribution < 1.29 is 17.9 Å². The minimum Gasteiger partial charge on any atom is -0.384 e. The first kappa shape index (κ1) is 17.0. The summed E-state index contributed by atoms with van der Waals surface area (Å²) in [5.74, 6) is -0.673. The number of rotatable bonds is 7. The Morgan fingerprint density at radius 2 is 1.83 bits per heavy atom. The molecule has 23 heavy (non-hydrogen) atoms. The summed E-state index contributed by atoms with van der Waals surface area (Å²) in [7, 11) is -2.34. The largest absolute Gasteiger partial charge is 0.384 e. The highest BCUT2D eigenvalue weighted by molar-refractivity contribution is 7.92. The molecule has 3 N–H and O–H groups in total. The number of methoxy groups -OCH3 is 1. The highest BCUT2D eigenvalue weighted by atomic mass is 32.2. The normalized spacial score (nSPS) is 11.2. The van der Waals surface area contributed by atoms with Crippen LogP contribution in [0.1, 0.15) is 15.9 Å². The van der Waals surface area contributed by atoms with Gasteiger partial charge >= 0.3 is 0 Å². The van der Waals surface area contributed by atoms with Gasteiger partial charge in [0.2, 0.25) is 5.91 Å². The number of anilines is 1. The summed E-state index contributed by atoms with van der Waals surface area (Å²) in [6.45, 7) is 0.276. The maximum Gasteiger partial charge on any atom is 0.262 e. The van der Waals surface area contributed by atoms with E-state index in [1.165, 1.54) is 25.3 Å². The van der Waals surface area contributed by atoms with Crippen LogP contribution < -0.4 is 10.5 Å². The molecule has 0 aliphatic heterocycles. The molecule has 0 bridgehead atoms. The van der Waals surface area contributed by atoms with Crippen molar-refractivity contribution in [1.82, 2.24) is 0 Å². The van der Waals surface area contributed by atoms with E-state index >= 15 is 0 Å². The third-order valence-corrected chi connectivity index (χ3v) is 4.74. The second kappa shape index (κ2) is 7.26. The molecule has 6 nitrogen and oxygen atoms in total. The first-order valence-corrected chi connectivity index (χ1v) is 8.42. The molecule has 0 saturated carbocycles. The summed E-state index contributed by atoms with van der Waals surface area (Å²) in [5, 5.41) is 0. The van der Waals surface area contributed by atoms with Crippen molar-refractivity contribution in [3.05, 3.63) is 59.7 Å². The predicted octanol–water partition coefficient (Wildman–Crippen LogP) is 1.78. The van der Waals surface area contributed by atoms with E-state index in [1.54, 1.807) is 30.3 Å². The number of para-hydroxylation sites is 1. The maximum absolute atomic E-state index is 12.7. The summed E-state index contributed by atoms with van der Waals surface area (Å²) in [4.78, 5) is 11.6. The van der Waals surface area contributed by atoms with E-state index < -0.39 is 15.9 Å². The van der Waals surface area contributed by atoms with Crippen molar-refractivity contribution in [2.24, 2.45) is 5.73 Å². The third kappa shape index (κ3) is 4.08. The Hall–Kier alpha value is -2.38. The van der Waals surface area contributed by atoms with E-state index in [0.29, 0.717) is 11.3 Å². The van der Waals surface area contributed by atoms with Gasteiger partial charge in [-0.25, -0.2) is 8.42 Å². The van der Waals surface area contributed by atoms with Crippen LogP contribution >= 0.6 is 0 Å². The monoisotopic (exact) mass is 334 g/mol. The van der Waals surface area contributed by atoms with Gasteiger partial charge in [-0.05, 0) is 36.2 Å². The summed E-state index contributed by atoms with van der Waals surface area (Å²) >= 11 is 0. The number of amides is 1. The Kier molecular flexibility index (Phi) is 5.36. The van der Waals surface area contributed by atoms with Crippen molar-refractivity contribution in [2.75, 3.05) is 18.4 Å². The Morgan fingerprint density at radius 3 is 2.43 bits per heavy atom. The molecule has 2 aromatic rings. The van der Waals surface area contributed by atoms with Crippen LogP contribution in [-0.4, -0.2) is 28.0 Å². The minimum absolute atomic E-state index is 0.0229. The van der Waals surface area contributed by atoms with Crippen LogP contribution in [0.25, 0.3) is 0 Å². The smallest absolute Gasteiger partial charge is 0.262 e. The second-order valence-electron chi connectivity index (χ2n) is 4.86. The molecule has 7 heteroatoms. The van der Waals surface area contributed by atoms with Crippen LogP contribution in [0.5, 0.6) is 0 Å². The van der Waals surface area contributed by atoms with E-state index in [2.05, 4.69) is 4.72 Å². The molecule has 2 rings (SSSR count). The Morgan fingerprint density at radius 1 is 1.13 bits per heavy atom. The van der Waals surface area contributed by atoms with Gasteiger partial charge in [0.25, 0.3) is 10.0 Å². The zero-order valence-corrected chi connectivity index (χ0v) is 13.5. The molecule has 0 saturated heterocycles. The number of hydrogen-bond donors (Lipinski definition) is 2. The van der Waals surface area contributed by atoms with Crippen LogP contribution in [0, 0.1) is 0 Å². The van der Waals surface area contributed by atoms with Crippen molar-refractivity contribution in [3.63, 3.8) is 0 Å². The number of nitrogens with two attached hydrogens (primary N) is 1. The topological polar surface area (TPSA) is 98.5 Å². The lowest BCUT2D eigenvalue weighted by atomic mass is 10.0. The molecule has 0 unspecified atom stereocenters. The van der Waals surface area contributed by atoms with Crippen molar-refractivity contribution in [3.8, 4) is 0 Å². The zero-order chi connectivity index (χ0) is 16.9. The quantitative estimate of drug-likeness (QED) is 0.806. The fraction of sp³-hybridized carbons (Fsp3) is 0.188. The van der Waals surface area contributed by atoms with Crippen molar-refractivity contribution >= 4 is 21.6 Å². The molecule has 0 aromatic heterocycles. The number of benzene rings is 2. The fourth-order valence-corrected chi connectivity index (χ4v) is 3.58. The SMILES string of the molecule is COCCc1c(C(N)=O)cccc1S(=O)(=O)Nc1ccccc1. The molecule has 0 aliphatic rings. The van der Waals surface area contributed by atoms with Gasteiger partial charge in [-0.2, -0.15) is 0 Å². The van der Waals surface area contributed by atoms with Crippen molar-refractivity contribution in [1.29, 1.82) is 0 Å². The van der Waals surface area contributed by atoms with Gasteiger partial charge in [0.05, 0.1) is 11.5 Å². The average molecular weight is 334 g/mol. The standard InChI is InChI=1S/C16H18N2O4S/c1-22-11-10-13-14(16(17)19)8-5-9-15(13)23(20,21)18-12-6-3-2-4-7-12/h2-9,18H,10-11H2,1H3,(H2,17,19). The number of carbonyl (C=O) groups excluding carboxylic acids is 1. The maximum atomic E-state index is 12.7. The van der Waals surface area contributed by atoms with Gasteiger partial charge in [0, 0.05) is 18.4 Å². The minimum atomic E-state index is -3.84. The lowest BCUT2D eigenvalue weighted by molar-refractivity contribution is 0.0998. The fourth-order valence-electron chi connectivity index (χ4n) is 2.23.